The highest BCUT2D eigenvalue weighted by molar-refractivity contribution is 5.97. The highest BCUT2D eigenvalue weighted by Crippen LogP contribution is 2.30. The number of hydrogen-bond acceptors (Lipinski definition) is 6. The van der Waals surface area contributed by atoms with E-state index in [9.17, 15) is 4.79 Å². The van der Waals surface area contributed by atoms with Gasteiger partial charge in [-0.15, -0.1) is 0 Å². The molecular formula is C22H30N6O. The van der Waals surface area contributed by atoms with Crippen LogP contribution in [0.25, 0.3) is 0 Å². The fourth-order valence-corrected chi connectivity index (χ4v) is 3.87. The lowest BCUT2D eigenvalue weighted by molar-refractivity contribution is 0.100. The number of nitrogens with zero attached hydrogens (tertiary/aromatic N) is 3. The summed E-state index contributed by atoms with van der Waals surface area (Å²) in [7, 11) is 0. The average molecular weight is 395 g/mol. The number of nitrogens with two attached hydrogens (primary N) is 1. The third-order valence-corrected chi connectivity index (χ3v) is 5.87. The first kappa shape index (κ1) is 19.6. The molecule has 7 nitrogen and oxygen atoms in total. The van der Waals surface area contributed by atoms with Gasteiger partial charge in [-0.2, -0.15) is 4.98 Å². The number of primary amides is 1. The summed E-state index contributed by atoms with van der Waals surface area (Å²) in [6.07, 6.45) is 6.07. The predicted octanol–water partition coefficient (Wildman–Crippen LogP) is 3.48. The van der Waals surface area contributed by atoms with E-state index in [-0.39, 0.29) is 0 Å². The maximum Gasteiger partial charge on any atom is 0.254 e. The standard InChI is InChI=1S/C22H30N6O/c1-14(2)28-11-9-16(10-12-28)15-3-5-18(6-4-15)26-22-24-13-19(20(23)29)21(27-22)25-17-7-8-17/h3-6,13-14,16-17H,7-12H2,1-2H3,(H2,23,29)(H2,24,25,26,27). The molecule has 1 aliphatic carbocycles. The number of piperidine rings is 1. The van der Waals surface area contributed by atoms with E-state index in [0.717, 1.165) is 18.5 Å². The molecule has 2 aliphatic rings. The summed E-state index contributed by atoms with van der Waals surface area (Å²) >= 11 is 0. The minimum absolute atomic E-state index is 0.325. The van der Waals surface area contributed by atoms with E-state index in [4.69, 9.17) is 5.73 Å². The summed E-state index contributed by atoms with van der Waals surface area (Å²) < 4.78 is 0. The Morgan fingerprint density at radius 2 is 1.83 bits per heavy atom. The van der Waals surface area contributed by atoms with Gasteiger partial charge in [0, 0.05) is 24.0 Å². The lowest BCUT2D eigenvalue weighted by atomic mass is 9.89. The topological polar surface area (TPSA) is 96.2 Å². The lowest BCUT2D eigenvalue weighted by Gasteiger charge is -2.34. The molecule has 1 saturated carbocycles. The van der Waals surface area contributed by atoms with Crippen LogP contribution in [0.4, 0.5) is 17.5 Å². The molecule has 2 heterocycles. The minimum atomic E-state index is -0.521. The van der Waals surface area contributed by atoms with Crippen molar-refractivity contribution >= 4 is 23.4 Å². The molecule has 2 fully saturated rings. The van der Waals surface area contributed by atoms with Crippen molar-refractivity contribution in [1.29, 1.82) is 0 Å². The van der Waals surface area contributed by atoms with Crippen molar-refractivity contribution in [2.45, 2.75) is 57.5 Å². The maximum atomic E-state index is 11.6. The van der Waals surface area contributed by atoms with Gasteiger partial charge in [0.05, 0.1) is 5.56 Å². The van der Waals surface area contributed by atoms with Gasteiger partial charge in [-0.1, -0.05) is 12.1 Å². The van der Waals surface area contributed by atoms with Crippen molar-refractivity contribution in [3.8, 4) is 0 Å². The lowest BCUT2D eigenvalue weighted by Crippen LogP contribution is -2.37. The summed E-state index contributed by atoms with van der Waals surface area (Å²) in [5.41, 5.74) is 8.09. The number of likely N-dealkylation sites (tertiary alicyclic amines) is 1. The first-order chi connectivity index (χ1) is 14.0. The molecule has 1 aliphatic heterocycles. The molecule has 0 unspecified atom stereocenters. The Bertz CT molecular complexity index is 854. The normalized spacial score (nSPS) is 18.0. The maximum absolute atomic E-state index is 11.6. The van der Waals surface area contributed by atoms with Crippen LogP contribution in [0.3, 0.4) is 0 Å². The monoisotopic (exact) mass is 394 g/mol. The van der Waals surface area contributed by atoms with Crippen molar-refractivity contribution in [2.24, 2.45) is 5.73 Å². The zero-order chi connectivity index (χ0) is 20.4. The number of rotatable bonds is 7. The molecule has 0 radical (unpaired) electrons. The second kappa shape index (κ2) is 8.37. The van der Waals surface area contributed by atoms with Crippen molar-refractivity contribution < 1.29 is 4.79 Å². The predicted molar refractivity (Wildman–Crippen MR) is 116 cm³/mol. The summed E-state index contributed by atoms with van der Waals surface area (Å²) in [6.45, 7) is 6.87. The van der Waals surface area contributed by atoms with Crippen molar-refractivity contribution in [2.75, 3.05) is 23.7 Å². The van der Waals surface area contributed by atoms with E-state index in [1.807, 2.05) is 0 Å². The van der Waals surface area contributed by atoms with Crippen LogP contribution in [0.1, 0.15) is 61.4 Å². The van der Waals surface area contributed by atoms with Gasteiger partial charge in [-0.05, 0) is 76.2 Å². The smallest absolute Gasteiger partial charge is 0.254 e. The first-order valence-corrected chi connectivity index (χ1v) is 10.5. The van der Waals surface area contributed by atoms with Gasteiger partial charge in [-0.25, -0.2) is 4.98 Å². The van der Waals surface area contributed by atoms with Gasteiger partial charge < -0.3 is 21.3 Å². The third-order valence-electron chi connectivity index (χ3n) is 5.87. The quantitative estimate of drug-likeness (QED) is 0.665. The zero-order valence-electron chi connectivity index (χ0n) is 17.2. The van der Waals surface area contributed by atoms with Gasteiger partial charge in [0.2, 0.25) is 5.95 Å². The van der Waals surface area contributed by atoms with E-state index in [0.29, 0.717) is 35.3 Å². The Hall–Kier alpha value is -2.67. The highest BCUT2D eigenvalue weighted by atomic mass is 16.1. The van der Waals surface area contributed by atoms with Gasteiger partial charge in [0.25, 0.3) is 5.91 Å². The number of aromatic nitrogens is 2. The number of amides is 1. The second-order valence-corrected chi connectivity index (χ2v) is 8.39. The third kappa shape index (κ3) is 4.85. The van der Waals surface area contributed by atoms with E-state index < -0.39 is 5.91 Å². The summed E-state index contributed by atoms with van der Waals surface area (Å²) in [5.74, 6) is 1.06. The number of nitrogens with one attached hydrogen (secondary N) is 2. The fourth-order valence-electron chi connectivity index (χ4n) is 3.87. The minimum Gasteiger partial charge on any atom is -0.367 e. The fraction of sp³-hybridized carbons (Fsp3) is 0.500. The second-order valence-electron chi connectivity index (χ2n) is 8.39. The number of anilines is 3. The number of carbonyl (C=O) groups is 1. The Labute approximate surface area is 172 Å². The Balaban J connectivity index is 1.41. The summed E-state index contributed by atoms with van der Waals surface area (Å²) in [6, 6.07) is 9.53. The van der Waals surface area contributed by atoms with Crippen molar-refractivity contribution in [3.63, 3.8) is 0 Å². The van der Waals surface area contributed by atoms with Gasteiger partial charge >= 0.3 is 0 Å². The molecule has 1 aromatic carbocycles. The molecule has 7 heteroatoms. The Kier molecular flexibility index (Phi) is 5.67. The molecule has 1 aromatic heterocycles. The van der Waals surface area contributed by atoms with E-state index in [2.05, 4.69) is 63.6 Å². The van der Waals surface area contributed by atoms with Crippen LogP contribution in [0.2, 0.25) is 0 Å². The average Bonchev–Trinajstić information content (AvgIpc) is 3.53. The van der Waals surface area contributed by atoms with E-state index in [1.165, 1.54) is 37.7 Å². The van der Waals surface area contributed by atoms with Crippen molar-refractivity contribution in [3.05, 3.63) is 41.6 Å². The zero-order valence-corrected chi connectivity index (χ0v) is 17.2. The first-order valence-electron chi connectivity index (χ1n) is 10.5. The van der Waals surface area contributed by atoms with E-state index >= 15 is 0 Å². The van der Waals surface area contributed by atoms with Crippen LogP contribution < -0.4 is 16.4 Å². The van der Waals surface area contributed by atoms with Crippen LogP contribution in [-0.2, 0) is 0 Å². The van der Waals surface area contributed by atoms with Crippen LogP contribution in [-0.4, -0.2) is 45.9 Å². The van der Waals surface area contributed by atoms with Crippen LogP contribution >= 0.6 is 0 Å². The van der Waals surface area contributed by atoms with Crippen molar-refractivity contribution in [1.82, 2.24) is 14.9 Å². The number of hydrogen-bond donors (Lipinski definition) is 3. The molecule has 154 valence electrons. The molecule has 2 aromatic rings. The number of carbonyl (C=O) groups excluding carboxylic acids is 1. The molecule has 29 heavy (non-hydrogen) atoms. The SMILES string of the molecule is CC(C)N1CCC(c2ccc(Nc3ncc(C(N)=O)c(NC4CC4)n3)cc2)CC1. The van der Waals surface area contributed by atoms with Gasteiger partial charge in [-0.3, -0.25) is 4.79 Å². The Morgan fingerprint density at radius 1 is 1.14 bits per heavy atom. The molecule has 0 atom stereocenters. The largest absolute Gasteiger partial charge is 0.367 e. The molecule has 1 amide bonds. The molecule has 4 rings (SSSR count). The Morgan fingerprint density at radius 3 is 2.41 bits per heavy atom. The number of benzene rings is 1. The molecule has 4 N–H and O–H groups in total. The van der Waals surface area contributed by atoms with Crippen LogP contribution in [0, 0.1) is 0 Å². The van der Waals surface area contributed by atoms with Crippen LogP contribution in [0.5, 0.6) is 0 Å². The highest BCUT2D eigenvalue weighted by Gasteiger charge is 2.24. The summed E-state index contributed by atoms with van der Waals surface area (Å²) in [4.78, 5) is 22.9. The van der Waals surface area contributed by atoms with Crippen LogP contribution in [0.15, 0.2) is 30.5 Å². The molecule has 0 bridgehead atoms. The molecule has 1 saturated heterocycles. The molecular weight excluding hydrogens is 364 g/mol. The summed E-state index contributed by atoms with van der Waals surface area (Å²) in [5, 5.41) is 6.49. The molecule has 0 spiro atoms. The van der Waals surface area contributed by atoms with E-state index in [1.54, 1.807) is 0 Å². The van der Waals surface area contributed by atoms with Gasteiger partial charge in [0.1, 0.15) is 5.82 Å². The van der Waals surface area contributed by atoms with Gasteiger partial charge in [0.15, 0.2) is 0 Å².